The molecule has 4 atom stereocenters. The molecule has 14 heteroatoms. The molecule has 0 saturated carbocycles. The maximum absolute atomic E-state index is 12.2. The summed E-state index contributed by atoms with van der Waals surface area (Å²) in [5.74, 6) is 0.299. The number of hydrogen-bond acceptors (Lipinski definition) is 10. The van der Waals surface area contributed by atoms with Crippen LogP contribution in [0.2, 0.25) is 0 Å². The number of urea groups is 1. The van der Waals surface area contributed by atoms with E-state index in [0.29, 0.717) is 12.3 Å². The minimum absolute atomic E-state index is 0.0924. The lowest BCUT2D eigenvalue weighted by molar-refractivity contribution is -0.137. The van der Waals surface area contributed by atoms with E-state index < -0.39 is 36.5 Å². The normalized spacial score (nSPS) is 23.1. The molecule has 0 spiro atoms. The lowest BCUT2D eigenvalue weighted by Gasteiger charge is -2.16. The molecule has 0 radical (unpaired) electrons. The van der Waals surface area contributed by atoms with Gasteiger partial charge in [0.2, 0.25) is 0 Å². The smallest absolute Gasteiger partial charge is 0.326 e. The number of hydrogen-bond donors (Lipinski definition) is 5. The fourth-order valence-corrected chi connectivity index (χ4v) is 3.19. The summed E-state index contributed by atoms with van der Waals surface area (Å²) in [5, 5.41) is 31.9. The first kappa shape index (κ1) is 20.6. The van der Waals surface area contributed by atoms with Crippen LogP contribution in [0.5, 0.6) is 0 Å². The Bertz CT molecular complexity index is 1110. The molecule has 31 heavy (non-hydrogen) atoms. The lowest BCUT2D eigenvalue weighted by Crippen LogP contribution is -2.42. The number of aliphatic hydroxyl groups is 2. The van der Waals surface area contributed by atoms with Crippen LogP contribution in [0, 0.1) is 6.92 Å². The first-order chi connectivity index (χ1) is 14.9. The third-order valence-electron chi connectivity index (χ3n) is 4.58. The standard InChI is InChI=1S/C17H20N8O6/c1-3-18-15(28)12-10(26)11(27)16(30-12)25-6-21-9-13(19-5-20-14(9)25)23-17(29)22-8-4-7(2)31-24-8/h4-6,10-12,16,26-27H,3H2,1-2H3,(H,18,28)(H2,19,20,22,23,24,29)/t10-,11+,12-,16+/m0/s1. The Hall–Kier alpha value is -3.62. The van der Waals surface area contributed by atoms with Gasteiger partial charge in [-0.25, -0.2) is 19.7 Å². The summed E-state index contributed by atoms with van der Waals surface area (Å²) in [7, 11) is 0. The van der Waals surface area contributed by atoms with Crippen molar-refractivity contribution in [2.45, 2.75) is 38.4 Å². The van der Waals surface area contributed by atoms with Crippen LogP contribution in [-0.4, -0.2) is 71.7 Å². The first-order valence-corrected chi connectivity index (χ1v) is 9.37. The number of aryl methyl sites for hydroxylation is 1. The fourth-order valence-electron chi connectivity index (χ4n) is 3.19. The van der Waals surface area contributed by atoms with Crippen molar-refractivity contribution in [3.63, 3.8) is 0 Å². The molecule has 5 N–H and O–H groups in total. The molecule has 14 nitrogen and oxygen atoms in total. The molecule has 1 saturated heterocycles. The number of anilines is 2. The van der Waals surface area contributed by atoms with E-state index in [-0.39, 0.29) is 22.8 Å². The van der Waals surface area contributed by atoms with Crippen molar-refractivity contribution in [1.82, 2.24) is 30.0 Å². The van der Waals surface area contributed by atoms with E-state index in [9.17, 15) is 19.8 Å². The zero-order valence-electron chi connectivity index (χ0n) is 16.5. The van der Waals surface area contributed by atoms with Gasteiger partial charge >= 0.3 is 6.03 Å². The van der Waals surface area contributed by atoms with Crippen LogP contribution < -0.4 is 16.0 Å². The molecule has 4 heterocycles. The highest BCUT2D eigenvalue weighted by atomic mass is 16.6. The van der Waals surface area contributed by atoms with Gasteiger partial charge in [0.15, 0.2) is 35.1 Å². The van der Waals surface area contributed by atoms with Crippen molar-refractivity contribution >= 4 is 34.7 Å². The van der Waals surface area contributed by atoms with E-state index in [1.807, 2.05) is 0 Å². The Balaban J connectivity index is 1.56. The number of rotatable bonds is 5. The summed E-state index contributed by atoms with van der Waals surface area (Å²) < 4.78 is 11.8. The lowest BCUT2D eigenvalue weighted by atomic mass is 10.1. The van der Waals surface area contributed by atoms with Gasteiger partial charge in [-0.2, -0.15) is 0 Å². The number of carbonyl (C=O) groups is 2. The van der Waals surface area contributed by atoms with Crippen LogP contribution in [0.4, 0.5) is 16.4 Å². The predicted octanol–water partition coefficient (Wildman–Crippen LogP) is -0.478. The Kier molecular flexibility index (Phi) is 5.50. The Morgan fingerprint density at radius 3 is 2.71 bits per heavy atom. The number of carbonyl (C=O) groups excluding carboxylic acids is 2. The van der Waals surface area contributed by atoms with E-state index in [2.05, 4.69) is 36.1 Å². The van der Waals surface area contributed by atoms with Gasteiger partial charge in [-0.05, 0) is 13.8 Å². The summed E-state index contributed by atoms with van der Waals surface area (Å²) in [6.07, 6.45) is -2.73. The molecular weight excluding hydrogens is 412 g/mol. The number of likely N-dealkylation sites (N-methyl/N-ethyl adjacent to an activating group) is 1. The summed E-state index contributed by atoms with van der Waals surface area (Å²) in [5.41, 5.74) is 0.427. The Morgan fingerprint density at radius 2 is 2.00 bits per heavy atom. The quantitative estimate of drug-likeness (QED) is 0.352. The molecule has 4 rings (SSSR count). The van der Waals surface area contributed by atoms with Crippen LogP contribution in [0.3, 0.4) is 0 Å². The van der Waals surface area contributed by atoms with Crippen LogP contribution in [0.25, 0.3) is 11.2 Å². The van der Waals surface area contributed by atoms with E-state index in [1.54, 1.807) is 19.9 Å². The van der Waals surface area contributed by atoms with Crippen molar-refractivity contribution in [3.05, 3.63) is 24.5 Å². The average Bonchev–Trinajstić information content (AvgIpc) is 3.41. The summed E-state index contributed by atoms with van der Waals surface area (Å²) in [4.78, 5) is 36.6. The van der Waals surface area contributed by atoms with E-state index in [4.69, 9.17) is 9.26 Å². The molecule has 3 amide bonds. The van der Waals surface area contributed by atoms with Gasteiger partial charge < -0.3 is 24.8 Å². The Labute approximate surface area is 174 Å². The third kappa shape index (κ3) is 3.90. The van der Waals surface area contributed by atoms with Gasteiger partial charge in [-0.1, -0.05) is 5.16 Å². The van der Waals surface area contributed by atoms with Gasteiger partial charge in [0, 0.05) is 12.6 Å². The highest BCUT2D eigenvalue weighted by Crippen LogP contribution is 2.32. The minimum atomic E-state index is -1.44. The molecule has 0 unspecified atom stereocenters. The molecule has 0 aliphatic carbocycles. The number of aliphatic hydroxyl groups excluding tert-OH is 2. The summed E-state index contributed by atoms with van der Waals surface area (Å²) in [6, 6.07) is 0.908. The highest BCUT2D eigenvalue weighted by Gasteiger charge is 2.47. The summed E-state index contributed by atoms with van der Waals surface area (Å²) in [6.45, 7) is 3.75. The van der Waals surface area contributed by atoms with Crippen molar-refractivity contribution in [1.29, 1.82) is 0 Å². The summed E-state index contributed by atoms with van der Waals surface area (Å²) >= 11 is 0. The third-order valence-corrected chi connectivity index (χ3v) is 4.58. The number of imidazole rings is 1. The van der Waals surface area contributed by atoms with Gasteiger partial charge in [0.05, 0.1) is 6.33 Å². The number of fused-ring (bicyclic) bond motifs is 1. The molecule has 0 aromatic carbocycles. The van der Waals surface area contributed by atoms with Crippen molar-refractivity contribution in [2.24, 2.45) is 0 Å². The van der Waals surface area contributed by atoms with E-state index >= 15 is 0 Å². The molecule has 1 aliphatic rings. The van der Waals surface area contributed by atoms with Crippen LogP contribution in [0.15, 0.2) is 23.2 Å². The maximum Gasteiger partial charge on any atom is 0.326 e. The zero-order valence-corrected chi connectivity index (χ0v) is 16.5. The fraction of sp³-hybridized carbons (Fsp3) is 0.412. The van der Waals surface area contributed by atoms with Gasteiger partial charge in [-0.3, -0.25) is 20.0 Å². The van der Waals surface area contributed by atoms with Crippen molar-refractivity contribution in [2.75, 3.05) is 17.2 Å². The predicted molar refractivity (Wildman–Crippen MR) is 104 cm³/mol. The maximum atomic E-state index is 12.2. The largest absolute Gasteiger partial charge is 0.387 e. The second-order valence-corrected chi connectivity index (χ2v) is 6.77. The number of ether oxygens (including phenoxy) is 1. The van der Waals surface area contributed by atoms with Crippen LogP contribution in [0.1, 0.15) is 18.9 Å². The van der Waals surface area contributed by atoms with Gasteiger partial charge in [0.25, 0.3) is 5.91 Å². The SMILES string of the molecule is CCNC(=O)[C@H]1O[C@@H](n2cnc3c(NC(=O)Nc4cc(C)on4)ncnc32)[C@H](O)[C@@H]1O. The highest BCUT2D eigenvalue weighted by molar-refractivity contribution is 6.02. The molecule has 3 aromatic heterocycles. The van der Waals surface area contributed by atoms with Gasteiger partial charge in [0.1, 0.15) is 24.3 Å². The van der Waals surface area contributed by atoms with Crippen molar-refractivity contribution < 1.29 is 29.1 Å². The average molecular weight is 432 g/mol. The zero-order chi connectivity index (χ0) is 22.1. The molecule has 164 valence electrons. The molecule has 1 fully saturated rings. The minimum Gasteiger partial charge on any atom is -0.387 e. The molecule has 3 aromatic rings. The van der Waals surface area contributed by atoms with E-state index in [1.165, 1.54) is 17.2 Å². The number of nitrogens with one attached hydrogen (secondary N) is 3. The Morgan fingerprint density at radius 1 is 1.19 bits per heavy atom. The topological polar surface area (TPSA) is 190 Å². The van der Waals surface area contributed by atoms with Gasteiger partial charge in [-0.15, -0.1) is 0 Å². The van der Waals surface area contributed by atoms with Crippen LogP contribution >= 0.6 is 0 Å². The second-order valence-electron chi connectivity index (χ2n) is 6.77. The number of amides is 3. The second kappa shape index (κ2) is 8.25. The van der Waals surface area contributed by atoms with E-state index in [0.717, 1.165) is 0 Å². The first-order valence-electron chi connectivity index (χ1n) is 9.37. The molecule has 1 aliphatic heterocycles. The van der Waals surface area contributed by atoms with Crippen molar-refractivity contribution in [3.8, 4) is 0 Å². The molecular formula is C17H20N8O6. The monoisotopic (exact) mass is 432 g/mol. The van der Waals surface area contributed by atoms with Crippen LogP contribution in [-0.2, 0) is 9.53 Å². The number of aromatic nitrogens is 5. The molecule has 0 bridgehead atoms. The number of nitrogens with zero attached hydrogens (tertiary/aromatic N) is 5.